The smallest absolute Gasteiger partial charge is 0.0966 e. The Hall–Kier alpha value is -1.45. The molecule has 1 N–H and O–H groups in total. The average Bonchev–Trinajstić information content (AvgIpc) is 2.95. The van der Waals surface area contributed by atoms with Gasteiger partial charge in [0.15, 0.2) is 0 Å². The van der Waals surface area contributed by atoms with Crippen molar-refractivity contribution in [3.8, 4) is 0 Å². The van der Waals surface area contributed by atoms with Crippen LogP contribution in [0.2, 0.25) is 0 Å². The minimum atomic E-state index is -0.453. The number of aliphatic hydroxyl groups is 1. The maximum atomic E-state index is 10.9. The van der Waals surface area contributed by atoms with E-state index in [0.29, 0.717) is 0 Å². The number of likely N-dealkylation sites (tertiary alicyclic amines) is 1. The Bertz CT molecular complexity index is 653. The predicted molar refractivity (Wildman–Crippen MR) is 86.4 cm³/mol. The number of aryl methyl sites for hydroxylation is 2. The van der Waals surface area contributed by atoms with Gasteiger partial charge in [-0.25, -0.2) is 0 Å². The first-order valence-corrected chi connectivity index (χ1v) is 7.90. The first-order chi connectivity index (χ1) is 10.1. The van der Waals surface area contributed by atoms with Gasteiger partial charge in [-0.15, -0.1) is 0 Å². The molecule has 112 valence electrons. The molecule has 2 aromatic rings. The number of benzene rings is 1. The summed E-state index contributed by atoms with van der Waals surface area (Å²) in [5.74, 6) is 0. The van der Waals surface area contributed by atoms with Gasteiger partial charge in [0.05, 0.1) is 11.6 Å². The fourth-order valence-corrected chi connectivity index (χ4v) is 3.47. The summed E-state index contributed by atoms with van der Waals surface area (Å²) < 4.78 is 0. The Labute approximate surface area is 126 Å². The van der Waals surface area contributed by atoms with Crippen LogP contribution in [0.3, 0.4) is 0 Å². The lowest BCUT2D eigenvalue weighted by Gasteiger charge is -2.28. The largest absolute Gasteiger partial charge is 0.387 e. The SMILES string of the molecule is CCN1CCC[C@H]1C(O)c1cccc2cc(C)c(C)nc12. The van der Waals surface area contributed by atoms with Gasteiger partial charge in [-0.3, -0.25) is 9.88 Å². The number of hydrogen-bond acceptors (Lipinski definition) is 3. The van der Waals surface area contributed by atoms with Crippen molar-refractivity contribution in [1.82, 2.24) is 9.88 Å². The van der Waals surface area contributed by atoms with Gasteiger partial charge < -0.3 is 5.11 Å². The molecular formula is C18H24N2O. The Morgan fingerprint density at radius 1 is 1.38 bits per heavy atom. The van der Waals surface area contributed by atoms with E-state index in [9.17, 15) is 5.11 Å². The molecule has 1 unspecified atom stereocenters. The maximum Gasteiger partial charge on any atom is 0.0966 e. The summed E-state index contributed by atoms with van der Waals surface area (Å²) in [6, 6.07) is 8.53. The Balaban J connectivity index is 2.05. The van der Waals surface area contributed by atoms with Gasteiger partial charge >= 0.3 is 0 Å². The monoisotopic (exact) mass is 284 g/mol. The molecule has 0 spiro atoms. The van der Waals surface area contributed by atoms with E-state index in [2.05, 4.69) is 30.9 Å². The van der Waals surface area contributed by atoms with Crippen molar-refractivity contribution in [3.63, 3.8) is 0 Å². The highest BCUT2D eigenvalue weighted by Crippen LogP contribution is 2.32. The second-order valence-corrected chi connectivity index (χ2v) is 6.09. The lowest BCUT2D eigenvalue weighted by molar-refractivity contribution is 0.0764. The van der Waals surface area contributed by atoms with Crippen LogP contribution in [0.15, 0.2) is 24.3 Å². The van der Waals surface area contributed by atoms with Crippen LogP contribution in [0.5, 0.6) is 0 Å². The predicted octanol–water partition coefficient (Wildman–Crippen LogP) is 3.37. The summed E-state index contributed by atoms with van der Waals surface area (Å²) in [7, 11) is 0. The molecule has 0 saturated carbocycles. The topological polar surface area (TPSA) is 36.4 Å². The molecule has 2 atom stereocenters. The molecule has 1 fully saturated rings. The standard InChI is InChI=1S/C18H24N2O/c1-4-20-10-6-9-16(20)18(21)15-8-5-7-14-11-12(2)13(3)19-17(14)15/h5,7-8,11,16,18,21H,4,6,9-10H2,1-3H3/t16-,18?/m0/s1. The zero-order valence-electron chi connectivity index (χ0n) is 13.1. The van der Waals surface area contributed by atoms with Gasteiger partial charge in [0.1, 0.15) is 0 Å². The van der Waals surface area contributed by atoms with Crippen molar-refractivity contribution >= 4 is 10.9 Å². The van der Waals surface area contributed by atoms with E-state index in [-0.39, 0.29) is 6.04 Å². The molecule has 2 heterocycles. The van der Waals surface area contributed by atoms with Crippen molar-refractivity contribution in [1.29, 1.82) is 0 Å². The maximum absolute atomic E-state index is 10.9. The average molecular weight is 284 g/mol. The summed E-state index contributed by atoms with van der Waals surface area (Å²) in [6.07, 6.45) is 1.79. The molecule has 3 rings (SSSR count). The van der Waals surface area contributed by atoms with Crippen LogP contribution in [0.25, 0.3) is 10.9 Å². The quantitative estimate of drug-likeness (QED) is 0.939. The van der Waals surface area contributed by atoms with E-state index in [4.69, 9.17) is 4.98 Å². The molecule has 1 aliphatic heterocycles. The van der Waals surface area contributed by atoms with Crippen molar-refractivity contribution < 1.29 is 5.11 Å². The zero-order chi connectivity index (χ0) is 15.0. The third-order valence-corrected chi connectivity index (χ3v) is 4.82. The normalized spacial score (nSPS) is 21.0. The summed E-state index contributed by atoms with van der Waals surface area (Å²) in [5, 5.41) is 12.0. The molecule has 0 radical (unpaired) electrons. The van der Waals surface area contributed by atoms with Crippen LogP contribution in [0.4, 0.5) is 0 Å². The minimum Gasteiger partial charge on any atom is -0.387 e. The van der Waals surface area contributed by atoms with Gasteiger partial charge in [0.2, 0.25) is 0 Å². The van der Waals surface area contributed by atoms with E-state index in [1.165, 1.54) is 12.0 Å². The molecule has 3 nitrogen and oxygen atoms in total. The minimum absolute atomic E-state index is 0.226. The van der Waals surface area contributed by atoms with Crippen LogP contribution < -0.4 is 0 Å². The Morgan fingerprint density at radius 3 is 2.95 bits per heavy atom. The third-order valence-electron chi connectivity index (χ3n) is 4.82. The van der Waals surface area contributed by atoms with Crippen LogP contribution in [0.1, 0.15) is 42.7 Å². The lowest BCUT2D eigenvalue weighted by atomic mass is 9.97. The number of fused-ring (bicyclic) bond motifs is 1. The van der Waals surface area contributed by atoms with Crippen LogP contribution in [-0.4, -0.2) is 34.1 Å². The van der Waals surface area contributed by atoms with Crippen molar-refractivity contribution in [2.45, 2.75) is 45.8 Å². The Kier molecular flexibility index (Phi) is 3.96. The molecule has 0 aliphatic carbocycles. The number of nitrogens with zero attached hydrogens (tertiary/aromatic N) is 2. The van der Waals surface area contributed by atoms with E-state index in [1.54, 1.807) is 0 Å². The van der Waals surface area contributed by atoms with Gasteiger partial charge in [-0.1, -0.05) is 25.1 Å². The van der Waals surface area contributed by atoms with E-state index in [0.717, 1.165) is 41.7 Å². The fraction of sp³-hybridized carbons (Fsp3) is 0.500. The molecule has 21 heavy (non-hydrogen) atoms. The second kappa shape index (κ2) is 5.74. The zero-order valence-corrected chi connectivity index (χ0v) is 13.1. The molecule has 1 aromatic carbocycles. The number of para-hydroxylation sites is 1. The fourth-order valence-electron chi connectivity index (χ4n) is 3.47. The summed E-state index contributed by atoms with van der Waals surface area (Å²) >= 11 is 0. The van der Waals surface area contributed by atoms with Crippen molar-refractivity contribution in [3.05, 3.63) is 41.1 Å². The molecule has 3 heteroatoms. The van der Waals surface area contributed by atoms with E-state index < -0.39 is 6.10 Å². The number of hydrogen-bond donors (Lipinski definition) is 1. The number of rotatable bonds is 3. The van der Waals surface area contributed by atoms with Crippen LogP contribution in [-0.2, 0) is 0 Å². The Morgan fingerprint density at radius 2 is 2.19 bits per heavy atom. The molecular weight excluding hydrogens is 260 g/mol. The van der Waals surface area contributed by atoms with Gasteiger partial charge in [-0.2, -0.15) is 0 Å². The van der Waals surface area contributed by atoms with Crippen LogP contribution >= 0.6 is 0 Å². The molecule has 1 aromatic heterocycles. The molecule has 0 bridgehead atoms. The van der Waals surface area contributed by atoms with Crippen molar-refractivity contribution in [2.24, 2.45) is 0 Å². The highest BCUT2D eigenvalue weighted by atomic mass is 16.3. The first kappa shape index (κ1) is 14.5. The lowest BCUT2D eigenvalue weighted by Crippen LogP contribution is -2.34. The van der Waals surface area contributed by atoms with Gasteiger partial charge in [-0.05, 0) is 51.4 Å². The number of pyridine rings is 1. The summed E-state index contributed by atoms with van der Waals surface area (Å²) in [5.41, 5.74) is 4.17. The van der Waals surface area contributed by atoms with E-state index >= 15 is 0 Å². The second-order valence-electron chi connectivity index (χ2n) is 6.09. The molecule has 0 amide bonds. The third kappa shape index (κ3) is 2.56. The highest BCUT2D eigenvalue weighted by molar-refractivity contribution is 5.83. The number of aromatic nitrogens is 1. The van der Waals surface area contributed by atoms with E-state index in [1.807, 2.05) is 19.1 Å². The summed E-state index contributed by atoms with van der Waals surface area (Å²) in [4.78, 5) is 7.12. The van der Waals surface area contributed by atoms with Gasteiger partial charge in [0, 0.05) is 22.7 Å². The highest BCUT2D eigenvalue weighted by Gasteiger charge is 2.31. The van der Waals surface area contributed by atoms with Crippen molar-refractivity contribution in [2.75, 3.05) is 13.1 Å². The van der Waals surface area contributed by atoms with Crippen LogP contribution in [0, 0.1) is 13.8 Å². The van der Waals surface area contributed by atoms with Gasteiger partial charge in [0.25, 0.3) is 0 Å². The number of aliphatic hydroxyl groups excluding tert-OH is 1. The number of likely N-dealkylation sites (N-methyl/N-ethyl adjacent to an activating group) is 1. The first-order valence-electron chi connectivity index (χ1n) is 7.90. The summed E-state index contributed by atoms with van der Waals surface area (Å²) in [6.45, 7) is 8.37. The molecule has 1 aliphatic rings. The molecule has 1 saturated heterocycles.